The van der Waals surface area contributed by atoms with Crippen molar-refractivity contribution in [1.29, 1.82) is 0 Å². The fourth-order valence-corrected chi connectivity index (χ4v) is 2.83. The van der Waals surface area contributed by atoms with Crippen LogP contribution in [0.15, 0.2) is 24.3 Å². The molecular weight excluding hydrogens is 355 g/mol. The molecule has 3 amide bonds. The molecule has 1 aliphatic rings. The van der Waals surface area contributed by atoms with Gasteiger partial charge in [-0.1, -0.05) is 6.07 Å². The van der Waals surface area contributed by atoms with Gasteiger partial charge in [-0.25, -0.2) is 9.18 Å². The van der Waals surface area contributed by atoms with Gasteiger partial charge in [0.25, 0.3) is 11.8 Å². The molecule has 27 heavy (non-hydrogen) atoms. The van der Waals surface area contributed by atoms with Crippen LogP contribution in [0.25, 0.3) is 0 Å². The molecule has 1 atom stereocenters. The molecule has 1 aromatic rings. The van der Waals surface area contributed by atoms with Crippen LogP contribution in [-0.4, -0.2) is 80.6 Å². The Hall–Kier alpha value is -2.68. The molecule has 0 radical (unpaired) electrons. The molecule has 8 nitrogen and oxygen atoms in total. The molecule has 9 heteroatoms. The fraction of sp³-hybridized carbons (Fsp3) is 0.500. The van der Waals surface area contributed by atoms with Gasteiger partial charge in [-0.2, -0.15) is 0 Å². The van der Waals surface area contributed by atoms with E-state index in [1.165, 1.54) is 18.2 Å². The highest BCUT2D eigenvalue weighted by Crippen LogP contribution is 2.08. The average molecular weight is 381 g/mol. The van der Waals surface area contributed by atoms with Gasteiger partial charge in [0.2, 0.25) is 0 Å². The third kappa shape index (κ3) is 6.52. The zero-order chi connectivity index (χ0) is 19.8. The number of anilines is 1. The Balaban J connectivity index is 1.74. The van der Waals surface area contributed by atoms with Crippen molar-refractivity contribution in [2.24, 2.45) is 0 Å². The minimum atomic E-state index is -0.425. The lowest BCUT2D eigenvalue weighted by Gasteiger charge is -2.34. The molecule has 1 heterocycles. The number of rotatable bonds is 6. The van der Waals surface area contributed by atoms with Crippen molar-refractivity contribution in [2.45, 2.75) is 6.92 Å². The van der Waals surface area contributed by atoms with Gasteiger partial charge < -0.3 is 24.8 Å². The number of hydrogen-bond donors (Lipinski definition) is 2. The van der Waals surface area contributed by atoms with E-state index in [0.717, 1.165) is 4.90 Å². The van der Waals surface area contributed by atoms with E-state index < -0.39 is 5.82 Å². The van der Waals surface area contributed by atoms with Crippen LogP contribution in [0.3, 0.4) is 0 Å². The summed E-state index contributed by atoms with van der Waals surface area (Å²) in [6.07, 6.45) is -0.360. The van der Waals surface area contributed by atoms with Crippen molar-refractivity contribution in [3.05, 3.63) is 30.1 Å². The van der Waals surface area contributed by atoms with Crippen LogP contribution in [0.2, 0.25) is 0 Å². The lowest BCUT2D eigenvalue weighted by atomic mass is 10.3. The smallest absolute Gasteiger partial charge is 0.409 e. The topological polar surface area (TPSA) is 83.4 Å². The van der Waals surface area contributed by atoms with Gasteiger partial charge in [0.15, 0.2) is 13.1 Å². The summed E-state index contributed by atoms with van der Waals surface area (Å²) >= 11 is 0. The van der Waals surface area contributed by atoms with Crippen molar-refractivity contribution in [3.8, 4) is 0 Å². The van der Waals surface area contributed by atoms with E-state index >= 15 is 0 Å². The average Bonchev–Trinajstić information content (AvgIpc) is 2.61. The highest BCUT2D eigenvalue weighted by molar-refractivity contribution is 5.91. The molecule has 1 fully saturated rings. The molecule has 0 bridgehead atoms. The van der Waals surface area contributed by atoms with Crippen molar-refractivity contribution in [1.82, 2.24) is 9.80 Å². The zero-order valence-electron chi connectivity index (χ0n) is 15.7. The van der Waals surface area contributed by atoms with Gasteiger partial charge in [0.05, 0.1) is 13.7 Å². The van der Waals surface area contributed by atoms with Crippen LogP contribution in [0.1, 0.15) is 6.92 Å². The quantitative estimate of drug-likeness (QED) is 0.701. The largest absolute Gasteiger partial charge is 0.450 e. The second-order valence-electron chi connectivity index (χ2n) is 6.44. The van der Waals surface area contributed by atoms with Gasteiger partial charge in [0.1, 0.15) is 5.82 Å². The van der Waals surface area contributed by atoms with Crippen LogP contribution in [0.4, 0.5) is 14.9 Å². The standard InChI is InChI=1S/C18H25FN4O4/c1-3-27-18(26)23-9-7-22(8-10-23)17(25)13-21(2)12-16(24)20-15-6-4-5-14(19)11-15/h4-6,11H,3,7-10,12-13H2,1-2H3,(H,20,24)/p+1. The first-order valence-corrected chi connectivity index (χ1v) is 8.95. The SMILES string of the molecule is CCOC(=O)N1CCN(C(=O)C[NH+](C)CC(=O)Nc2cccc(F)c2)CC1. The molecule has 1 aliphatic heterocycles. The van der Waals surface area contributed by atoms with E-state index in [4.69, 9.17) is 4.74 Å². The van der Waals surface area contributed by atoms with Crippen molar-refractivity contribution in [3.63, 3.8) is 0 Å². The predicted octanol–water partition coefficient (Wildman–Crippen LogP) is -0.420. The number of benzene rings is 1. The van der Waals surface area contributed by atoms with Gasteiger partial charge in [-0.3, -0.25) is 9.59 Å². The number of carbonyl (C=O) groups excluding carboxylic acids is 3. The Bertz CT molecular complexity index is 677. The summed E-state index contributed by atoms with van der Waals surface area (Å²) in [4.78, 5) is 40.1. The molecule has 1 saturated heterocycles. The van der Waals surface area contributed by atoms with Gasteiger partial charge >= 0.3 is 6.09 Å². The van der Waals surface area contributed by atoms with E-state index in [1.54, 1.807) is 29.8 Å². The maximum Gasteiger partial charge on any atom is 0.409 e. The van der Waals surface area contributed by atoms with Crippen LogP contribution < -0.4 is 10.2 Å². The number of likely N-dealkylation sites (N-methyl/N-ethyl adjacent to an activating group) is 1. The Morgan fingerprint density at radius 2 is 1.81 bits per heavy atom. The van der Waals surface area contributed by atoms with Crippen LogP contribution in [0.5, 0.6) is 0 Å². The zero-order valence-corrected chi connectivity index (χ0v) is 15.7. The summed E-state index contributed by atoms with van der Waals surface area (Å²) in [7, 11) is 1.75. The van der Waals surface area contributed by atoms with Crippen molar-refractivity contribution >= 4 is 23.6 Å². The minimum Gasteiger partial charge on any atom is -0.450 e. The minimum absolute atomic E-state index is 0.0745. The highest BCUT2D eigenvalue weighted by atomic mass is 19.1. The van der Waals surface area contributed by atoms with Crippen LogP contribution >= 0.6 is 0 Å². The molecule has 148 valence electrons. The Morgan fingerprint density at radius 3 is 2.44 bits per heavy atom. The monoisotopic (exact) mass is 381 g/mol. The number of quaternary nitrogens is 1. The summed E-state index contributed by atoms with van der Waals surface area (Å²) in [5.74, 6) is -0.793. The lowest BCUT2D eigenvalue weighted by Crippen LogP contribution is -3.11. The second-order valence-corrected chi connectivity index (χ2v) is 6.44. The molecule has 0 aliphatic carbocycles. The van der Waals surface area contributed by atoms with Gasteiger partial charge in [0, 0.05) is 31.9 Å². The number of nitrogens with zero attached hydrogens (tertiary/aromatic N) is 2. The molecule has 2 rings (SSSR count). The van der Waals surface area contributed by atoms with E-state index in [1.807, 2.05) is 0 Å². The maximum atomic E-state index is 13.1. The number of nitrogens with one attached hydrogen (secondary N) is 2. The van der Waals surface area contributed by atoms with E-state index in [0.29, 0.717) is 38.5 Å². The van der Waals surface area contributed by atoms with Crippen molar-refractivity contribution < 1.29 is 28.4 Å². The van der Waals surface area contributed by atoms with E-state index in [2.05, 4.69) is 5.32 Å². The summed E-state index contributed by atoms with van der Waals surface area (Å²) in [6.45, 7) is 4.08. The molecule has 0 saturated carbocycles. The van der Waals surface area contributed by atoms with Gasteiger partial charge in [-0.15, -0.1) is 0 Å². The molecular formula is C18H26FN4O4+. The van der Waals surface area contributed by atoms with Crippen LogP contribution in [-0.2, 0) is 14.3 Å². The van der Waals surface area contributed by atoms with Crippen LogP contribution in [0, 0.1) is 5.82 Å². The Morgan fingerprint density at radius 1 is 1.15 bits per heavy atom. The predicted molar refractivity (Wildman–Crippen MR) is 96.8 cm³/mol. The van der Waals surface area contributed by atoms with Crippen molar-refractivity contribution in [2.75, 3.05) is 58.2 Å². The third-order valence-electron chi connectivity index (χ3n) is 4.18. The number of piperazine rings is 1. The lowest BCUT2D eigenvalue weighted by molar-refractivity contribution is -0.862. The maximum absolute atomic E-state index is 13.1. The normalized spacial score (nSPS) is 15.2. The molecule has 0 spiro atoms. The summed E-state index contributed by atoms with van der Waals surface area (Å²) < 4.78 is 18.1. The first-order chi connectivity index (χ1) is 12.9. The number of amides is 3. The second kappa shape index (κ2) is 9.86. The van der Waals surface area contributed by atoms with Gasteiger partial charge in [-0.05, 0) is 25.1 Å². The Kier molecular flexibility index (Phi) is 7.54. The highest BCUT2D eigenvalue weighted by Gasteiger charge is 2.26. The molecule has 0 aromatic heterocycles. The summed E-state index contributed by atoms with van der Waals surface area (Å²) in [5, 5.41) is 2.61. The first-order valence-electron chi connectivity index (χ1n) is 8.95. The first kappa shape index (κ1) is 20.6. The summed E-state index contributed by atoms with van der Waals surface area (Å²) in [6, 6.07) is 5.65. The fourth-order valence-electron chi connectivity index (χ4n) is 2.83. The number of hydrogen-bond acceptors (Lipinski definition) is 4. The van der Waals surface area contributed by atoms with E-state index in [9.17, 15) is 18.8 Å². The number of carbonyl (C=O) groups is 3. The molecule has 1 aromatic carbocycles. The summed E-state index contributed by atoms with van der Waals surface area (Å²) in [5.41, 5.74) is 0.384. The molecule has 1 unspecified atom stereocenters. The van der Waals surface area contributed by atoms with E-state index in [-0.39, 0.29) is 31.0 Å². The number of halogens is 1. The number of ether oxygens (including phenoxy) is 1. The molecule has 2 N–H and O–H groups in total. The Labute approximate surface area is 157 Å². The third-order valence-corrected chi connectivity index (χ3v) is 4.18.